The smallest absolute Gasteiger partial charge is 0.294 e. The van der Waals surface area contributed by atoms with Crippen molar-refractivity contribution in [3.8, 4) is 11.3 Å². The second-order valence-corrected chi connectivity index (χ2v) is 9.67. The first kappa shape index (κ1) is 22.7. The molecule has 0 spiro atoms. The fraction of sp³-hybridized carbons (Fsp3) is 0.500. The number of aromatic nitrogens is 2. The van der Waals surface area contributed by atoms with Gasteiger partial charge in [-0.1, -0.05) is 36.6 Å². The predicted molar refractivity (Wildman–Crippen MR) is 113 cm³/mol. The van der Waals surface area contributed by atoms with Gasteiger partial charge in [0.15, 0.2) is 9.84 Å². The Kier molecular flexibility index (Phi) is 7.26. The largest absolute Gasteiger partial charge is 0.411 e. The standard InChI is InChI=1S/C20H26N4O6S/c1-31(28,29)17-11-9-15(10-12-17)20-14-19(18(22-25)8-5-13-30-24(26)27)21-23(20)16-6-3-2-4-7-16/h9-12,14,16,25H,2-8,13H2,1H3/b22-18-. The van der Waals surface area contributed by atoms with Crippen molar-refractivity contribution in [2.75, 3.05) is 12.9 Å². The molecular weight excluding hydrogens is 424 g/mol. The highest BCUT2D eigenvalue weighted by Gasteiger charge is 2.23. The molecule has 1 saturated carbocycles. The van der Waals surface area contributed by atoms with Crippen LogP contribution in [0.25, 0.3) is 11.3 Å². The number of hydrogen-bond acceptors (Lipinski definition) is 8. The molecule has 1 aliphatic carbocycles. The van der Waals surface area contributed by atoms with Crippen LogP contribution in [0.3, 0.4) is 0 Å². The van der Waals surface area contributed by atoms with E-state index in [0.29, 0.717) is 17.8 Å². The van der Waals surface area contributed by atoms with Crippen LogP contribution < -0.4 is 0 Å². The Hall–Kier alpha value is -2.95. The Morgan fingerprint density at radius 3 is 2.55 bits per heavy atom. The fourth-order valence-electron chi connectivity index (χ4n) is 3.84. The topological polar surface area (TPSA) is 137 Å². The van der Waals surface area contributed by atoms with E-state index in [1.165, 1.54) is 12.7 Å². The number of hydrogen-bond donors (Lipinski definition) is 1. The summed E-state index contributed by atoms with van der Waals surface area (Å²) in [6.07, 6.45) is 7.09. The zero-order chi connectivity index (χ0) is 22.4. The van der Waals surface area contributed by atoms with Gasteiger partial charge in [0.05, 0.1) is 23.2 Å². The molecule has 0 aliphatic heterocycles. The minimum Gasteiger partial charge on any atom is -0.411 e. The van der Waals surface area contributed by atoms with Gasteiger partial charge < -0.3 is 10.0 Å². The van der Waals surface area contributed by atoms with Gasteiger partial charge in [-0.05, 0) is 49.4 Å². The molecule has 1 aromatic heterocycles. The summed E-state index contributed by atoms with van der Waals surface area (Å²) in [4.78, 5) is 14.9. The molecule has 1 aliphatic rings. The fourth-order valence-corrected chi connectivity index (χ4v) is 4.47. The van der Waals surface area contributed by atoms with Gasteiger partial charge in [-0.3, -0.25) is 4.68 Å². The van der Waals surface area contributed by atoms with E-state index in [9.17, 15) is 23.7 Å². The third kappa shape index (κ3) is 5.81. The molecule has 1 fully saturated rings. The Morgan fingerprint density at radius 1 is 1.29 bits per heavy atom. The number of nitrogens with zero attached hydrogens (tertiary/aromatic N) is 4. The van der Waals surface area contributed by atoms with Crippen LogP contribution in [0.2, 0.25) is 0 Å². The number of oxime groups is 1. The first-order chi connectivity index (χ1) is 14.8. The average molecular weight is 451 g/mol. The number of rotatable bonds is 9. The van der Waals surface area contributed by atoms with Crippen LogP contribution >= 0.6 is 0 Å². The van der Waals surface area contributed by atoms with Crippen LogP contribution in [0.1, 0.15) is 56.7 Å². The summed E-state index contributed by atoms with van der Waals surface area (Å²) in [6.45, 7) is -0.102. The second kappa shape index (κ2) is 9.90. The summed E-state index contributed by atoms with van der Waals surface area (Å²) in [5.74, 6) is 0. The van der Waals surface area contributed by atoms with E-state index < -0.39 is 14.9 Å². The summed E-state index contributed by atoms with van der Waals surface area (Å²) < 4.78 is 25.5. The number of benzene rings is 1. The van der Waals surface area contributed by atoms with Crippen LogP contribution in [0, 0.1) is 10.1 Å². The van der Waals surface area contributed by atoms with E-state index in [4.69, 9.17) is 5.10 Å². The highest BCUT2D eigenvalue weighted by Crippen LogP contribution is 2.33. The van der Waals surface area contributed by atoms with Gasteiger partial charge in [0.1, 0.15) is 11.4 Å². The molecule has 0 unspecified atom stereocenters. The van der Waals surface area contributed by atoms with Crippen molar-refractivity contribution >= 4 is 15.5 Å². The molecule has 0 bridgehead atoms. The average Bonchev–Trinajstić information content (AvgIpc) is 3.19. The van der Waals surface area contributed by atoms with Crippen molar-refractivity contribution in [2.45, 2.75) is 55.9 Å². The van der Waals surface area contributed by atoms with Gasteiger partial charge >= 0.3 is 0 Å². The van der Waals surface area contributed by atoms with Gasteiger partial charge in [-0.15, -0.1) is 10.1 Å². The minimum absolute atomic E-state index is 0.102. The molecule has 168 valence electrons. The van der Waals surface area contributed by atoms with E-state index in [1.807, 2.05) is 10.7 Å². The Bertz CT molecular complexity index is 1040. The molecule has 0 saturated heterocycles. The maximum atomic E-state index is 11.8. The SMILES string of the molecule is CS(=O)(=O)c1ccc(-c2cc(/C(CCCO[N+](=O)[O-])=N\O)nn2C2CCCCC2)cc1. The Labute approximate surface area is 180 Å². The van der Waals surface area contributed by atoms with Crippen LogP contribution in [-0.2, 0) is 14.7 Å². The van der Waals surface area contributed by atoms with Gasteiger partial charge in [0.25, 0.3) is 5.09 Å². The lowest BCUT2D eigenvalue weighted by Gasteiger charge is -2.24. The summed E-state index contributed by atoms with van der Waals surface area (Å²) in [5.41, 5.74) is 2.42. The zero-order valence-electron chi connectivity index (χ0n) is 17.3. The molecule has 1 heterocycles. The second-order valence-electron chi connectivity index (χ2n) is 7.65. The maximum absolute atomic E-state index is 11.8. The summed E-state index contributed by atoms with van der Waals surface area (Å²) in [7, 11) is -3.30. The zero-order valence-corrected chi connectivity index (χ0v) is 18.1. The lowest BCUT2D eigenvalue weighted by Crippen LogP contribution is -2.16. The summed E-state index contributed by atoms with van der Waals surface area (Å²) in [6, 6.07) is 8.64. The normalized spacial score (nSPS) is 15.7. The Morgan fingerprint density at radius 2 is 1.97 bits per heavy atom. The molecule has 1 N–H and O–H groups in total. The molecule has 10 nitrogen and oxygen atoms in total. The lowest BCUT2D eigenvalue weighted by atomic mass is 9.95. The van der Waals surface area contributed by atoms with Crippen molar-refractivity contribution in [2.24, 2.45) is 5.16 Å². The van der Waals surface area contributed by atoms with Crippen LogP contribution in [0.5, 0.6) is 0 Å². The van der Waals surface area contributed by atoms with Crippen LogP contribution in [0.4, 0.5) is 0 Å². The molecule has 0 amide bonds. The van der Waals surface area contributed by atoms with Gasteiger partial charge in [-0.2, -0.15) is 5.10 Å². The van der Waals surface area contributed by atoms with E-state index in [2.05, 4.69) is 9.99 Å². The van der Waals surface area contributed by atoms with Crippen molar-refractivity contribution in [1.29, 1.82) is 0 Å². The quantitative estimate of drug-likeness (QED) is 0.202. The van der Waals surface area contributed by atoms with E-state index >= 15 is 0 Å². The third-order valence-corrected chi connectivity index (χ3v) is 6.53. The van der Waals surface area contributed by atoms with Crippen LogP contribution in [-0.4, -0.2) is 47.1 Å². The predicted octanol–water partition coefficient (Wildman–Crippen LogP) is 3.63. The minimum atomic E-state index is -3.30. The Balaban J connectivity index is 1.91. The first-order valence-electron chi connectivity index (χ1n) is 10.2. The van der Waals surface area contributed by atoms with E-state index in [-0.39, 0.29) is 24.0 Å². The first-order valence-corrected chi connectivity index (χ1v) is 12.1. The van der Waals surface area contributed by atoms with Crippen molar-refractivity contribution < 1.29 is 23.5 Å². The van der Waals surface area contributed by atoms with Crippen molar-refractivity contribution in [1.82, 2.24) is 9.78 Å². The van der Waals surface area contributed by atoms with E-state index in [1.54, 1.807) is 24.3 Å². The highest BCUT2D eigenvalue weighted by molar-refractivity contribution is 7.90. The van der Waals surface area contributed by atoms with Gasteiger partial charge in [0, 0.05) is 6.26 Å². The van der Waals surface area contributed by atoms with Gasteiger partial charge in [-0.25, -0.2) is 8.42 Å². The van der Waals surface area contributed by atoms with E-state index in [0.717, 1.165) is 36.9 Å². The summed E-state index contributed by atoms with van der Waals surface area (Å²) in [5, 5.41) is 27.0. The molecule has 0 atom stereocenters. The van der Waals surface area contributed by atoms with Crippen LogP contribution in [0.15, 0.2) is 40.4 Å². The molecule has 31 heavy (non-hydrogen) atoms. The maximum Gasteiger partial charge on any atom is 0.294 e. The molecule has 1 aromatic carbocycles. The number of sulfone groups is 1. The monoisotopic (exact) mass is 450 g/mol. The highest BCUT2D eigenvalue weighted by atomic mass is 32.2. The van der Waals surface area contributed by atoms with Crippen molar-refractivity contribution in [3.05, 3.63) is 46.1 Å². The van der Waals surface area contributed by atoms with Gasteiger partial charge in [0.2, 0.25) is 0 Å². The molecule has 0 radical (unpaired) electrons. The lowest BCUT2D eigenvalue weighted by molar-refractivity contribution is -0.757. The molecule has 2 aromatic rings. The molecule has 11 heteroatoms. The molecular formula is C20H26N4O6S. The third-order valence-electron chi connectivity index (χ3n) is 5.41. The molecule has 3 rings (SSSR count). The van der Waals surface area contributed by atoms with Crippen molar-refractivity contribution in [3.63, 3.8) is 0 Å². The summed E-state index contributed by atoms with van der Waals surface area (Å²) >= 11 is 0.